The molecule has 2 aliphatic rings. The standard InChI is InChI=1S/C26H27F3N6O4/c1-34(2)13-12-30-23(36)20-18(24-32-19-15(38-3)10-7-11-16(19)39-24)25(37)35-22(31-20)17(14-8-5-4-6-9-14)21(33-35)26(27,28)29/h4-11,17,21-22,31,33H,12-13H2,1-3H3,(H,30,36). The summed E-state index contributed by atoms with van der Waals surface area (Å²) in [6.45, 7) is 0.738. The molecule has 10 nitrogen and oxygen atoms in total. The number of likely N-dealkylation sites (N-methyl/N-ethyl adjacent to an activating group) is 1. The molecule has 0 aliphatic carbocycles. The second-order valence-corrected chi connectivity index (χ2v) is 9.48. The third-order valence-electron chi connectivity index (χ3n) is 6.66. The van der Waals surface area contributed by atoms with E-state index in [0.717, 1.165) is 5.01 Å². The Labute approximate surface area is 221 Å². The van der Waals surface area contributed by atoms with E-state index >= 15 is 0 Å². The fourth-order valence-corrected chi connectivity index (χ4v) is 4.82. The van der Waals surface area contributed by atoms with Crippen molar-refractivity contribution < 1.29 is 31.9 Å². The first kappa shape index (κ1) is 26.5. The van der Waals surface area contributed by atoms with Gasteiger partial charge in [-0.2, -0.15) is 13.2 Å². The summed E-state index contributed by atoms with van der Waals surface area (Å²) in [7, 11) is 5.10. The first-order valence-electron chi connectivity index (χ1n) is 12.2. The Morgan fingerprint density at radius 3 is 2.59 bits per heavy atom. The van der Waals surface area contributed by atoms with Crippen LogP contribution in [0.25, 0.3) is 16.7 Å². The topological polar surface area (TPSA) is 112 Å². The minimum Gasteiger partial charge on any atom is -0.494 e. The van der Waals surface area contributed by atoms with Crippen LogP contribution in [0.1, 0.15) is 17.4 Å². The normalized spacial score (nSPS) is 21.4. The molecule has 3 unspecified atom stereocenters. The number of methoxy groups -OCH3 is 1. The summed E-state index contributed by atoms with van der Waals surface area (Å²) in [6.07, 6.45) is -5.91. The molecule has 3 heterocycles. The van der Waals surface area contributed by atoms with Crippen LogP contribution in [0, 0.1) is 0 Å². The predicted octanol–water partition coefficient (Wildman–Crippen LogP) is 2.22. The molecule has 0 bridgehead atoms. The Balaban J connectivity index is 1.62. The smallest absolute Gasteiger partial charge is 0.406 e. The number of aromatic nitrogens is 1. The van der Waals surface area contributed by atoms with Crippen LogP contribution < -0.4 is 20.8 Å². The molecule has 2 aromatic carbocycles. The van der Waals surface area contributed by atoms with E-state index in [4.69, 9.17) is 9.15 Å². The predicted molar refractivity (Wildman–Crippen MR) is 135 cm³/mol. The molecule has 0 saturated carbocycles. The second kappa shape index (κ2) is 10.2. The van der Waals surface area contributed by atoms with Gasteiger partial charge in [0.25, 0.3) is 11.8 Å². The molecular formula is C26H27F3N6O4. The van der Waals surface area contributed by atoms with Crippen molar-refractivity contribution >= 4 is 28.5 Å². The highest BCUT2D eigenvalue weighted by Gasteiger charge is 2.58. The summed E-state index contributed by atoms with van der Waals surface area (Å²) >= 11 is 0. The molecule has 1 saturated heterocycles. The van der Waals surface area contributed by atoms with E-state index in [-0.39, 0.29) is 29.3 Å². The van der Waals surface area contributed by atoms with Crippen molar-refractivity contribution in [2.75, 3.05) is 34.3 Å². The number of nitrogens with zero attached hydrogens (tertiary/aromatic N) is 3. The van der Waals surface area contributed by atoms with Crippen LogP contribution in [0.5, 0.6) is 5.75 Å². The summed E-state index contributed by atoms with van der Waals surface area (Å²) in [6, 6.07) is 10.9. The maximum atomic E-state index is 14.2. The number of hydrogen-bond donors (Lipinski definition) is 3. The lowest BCUT2D eigenvalue weighted by Gasteiger charge is -2.34. The van der Waals surface area contributed by atoms with Crippen molar-refractivity contribution in [2.24, 2.45) is 0 Å². The maximum Gasteiger partial charge on any atom is 0.406 e. The largest absolute Gasteiger partial charge is 0.494 e. The molecule has 1 aromatic heterocycles. The molecule has 0 spiro atoms. The number of carbonyl (C=O) groups excluding carboxylic acids is 2. The summed E-state index contributed by atoms with van der Waals surface area (Å²) in [4.78, 5) is 33.5. The molecule has 3 N–H and O–H groups in total. The average Bonchev–Trinajstić information content (AvgIpc) is 3.50. The van der Waals surface area contributed by atoms with E-state index in [1.807, 2.05) is 19.0 Å². The van der Waals surface area contributed by atoms with Gasteiger partial charge in [0.2, 0.25) is 5.89 Å². The van der Waals surface area contributed by atoms with Crippen LogP contribution in [0.3, 0.4) is 0 Å². The number of alkyl halides is 3. The van der Waals surface area contributed by atoms with Gasteiger partial charge >= 0.3 is 6.18 Å². The number of hydrazine groups is 1. The van der Waals surface area contributed by atoms with Gasteiger partial charge in [-0.1, -0.05) is 36.4 Å². The Bertz CT molecular complexity index is 1420. The van der Waals surface area contributed by atoms with E-state index in [2.05, 4.69) is 21.0 Å². The van der Waals surface area contributed by atoms with Crippen molar-refractivity contribution in [1.29, 1.82) is 0 Å². The number of halogens is 3. The van der Waals surface area contributed by atoms with Gasteiger partial charge in [-0.05, 0) is 31.8 Å². The Morgan fingerprint density at radius 2 is 1.92 bits per heavy atom. The van der Waals surface area contributed by atoms with E-state index < -0.39 is 36.1 Å². The van der Waals surface area contributed by atoms with Crippen molar-refractivity contribution in [2.45, 2.75) is 24.3 Å². The monoisotopic (exact) mass is 544 g/mol. The zero-order valence-corrected chi connectivity index (χ0v) is 21.4. The van der Waals surface area contributed by atoms with Crippen molar-refractivity contribution in [1.82, 2.24) is 31.0 Å². The highest BCUT2D eigenvalue weighted by atomic mass is 19.4. The molecule has 3 aromatic rings. The van der Waals surface area contributed by atoms with E-state index in [1.54, 1.807) is 48.5 Å². The number of hydrogen-bond acceptors (Lipinski definition) is 8. The lowest BCUT2D eigenvalue weighted by Crippen LogP contribution is -2.56. The molecule has 13 heteroatoms. The third-order valence-corrected chi connectivity index (χ3v) is 6.66. The third kappa shape index (κ3) is 4.90. The zero-order chi connectivity index (χ0) is 27.9. The number of carbonyl (C=O) groups is 2. The minimum absolute atomic E-state index is 0.225. The lowest BCUT2D eigenvalue weighted by molar-refractivity contribution is -0.161. The highest BCUT2D eigenvalue weighted by Crippen LogP contribution is 2.43. The van der Waals surface area contributed by atoms with Crippen LogP contribution in [0.15, 0.2) is 58.6 Å². The maximum absolute atomic E-state index is 14.2. The number of oxazole rings is 1. The van der Waals surface area contributed by atoms with Crippen LogP contribution in [-0.4, -0.2) is 79.4 Å². The number of benzene rings is 2. The van der Waals surface area contributed by atoms with Gasteiger partial charge in [0, 0.05) is 13.1 Å². The number of nitrogens with one attached hydrogen (secondary N) is 3. The van der Waals surface area contributed by atoms with Gasteiger partial charge in [0.05, 0.1) is 13.0 Å². The van der Waals surface area contributed by atoms with Gasteiger partial charge in [-0.15, -0.1) is 0 Å². The van der Waals surface area contributed by atoms with Gasteiger partial charge in [0.15, 0.2) is 11.1 Å². The van der Waals surface area contributed by atoms with Crippen LogP contribution in [0.2, 0.25) is 0 Å². The Hall–Kier alpha value is -4.10. The quantitative estimate of drug-likeness (QED) is 0.415. The zero-order valence-electron chi connectivity index (χ0n) is 21.4. The number of amides is 2. The number of para-hydroxylation sites is 1. The van der Waals surface area contributed by atoms with Gasteiger partial charge in [-0.25, -0.2) is 15.4 Å². The fraction of sp³-hybridized carbons (Fsp3) is 0.346. The number of fused-ring (bicyclic) bond motifs is 2. The summed E-state index contributed by atoms with van der Waals surface area (Å²) in [5, 5.41) is 6.52. The van der Waals surface area contributed by atoms with E-state index in [0.29, 0.717) is 23.4 Å². The molecule has 0 radical (unpaired) electrons. The van der Waals surface area contributed by atoms with Crippen LogP contribution >= 0.6 is 0 Å². The molecule has 5 rings (SSSR count). The first-order valence-corrected chi connectivity index (χ1v) is 12.2. The lowest BCUT2D eigenvalue weighted by atomic mass is 9.89. The number of rotatable bonds is 7. The van der Waals surface area contributed by atoms with Gasteiger partial charge in [-0.3, -0.25) is 9.59 Å². The summed E-state index contributed by atoms with van der Waals surface area (Å²) in [5.41, 5.74) is 2.74. The minimum atomic E-state index is -4.70. The molecule has 39 heavy (non-hydrogen) atoms. The molecule has 206 valence electrons. The second-order valence-electron chi connectivity index (χ2n) is 9.48. The average molecular weight is 545 g/mol. The molecule has 2 aliphatic heterocycles. The number of ether oxygens (including phenoxy) is 1. The molecular weight excluding hydrogens is 517 g/mol. The highest BCUT2D eigenvalue weighted by molar-refractivity contribution is 6.25. The summed E-state index contributed by atoms with van der Waals surface area (Å²) in [5.74, 6) is -2.65. The van der Waals surface area contributed by atoms with Gasteiger partial charge in [0.1, 0.15) is 29.2 Å². The van der Waals surface area contributed by atoms with Crippen molar-refractivity contribution in [3.63, 3.8) is 0 Å². The SMILES string of the molecule is COc1cccc2oc(C3=C(C(=O)NCCN(C)C)NC4C(c5ccccc5)C(C(F)(F)F)NN4C3=O)nc12. The van der Waals surface area contributed by atoms with Gasteiger partial charge < -0.3 is 24.7 Å². The van der Waals surface area contributed by atoms with Crippen molar-refractivity contribution in [3.8, 4) is 5.75 Å². The Kier molecular flexibility index (Phi) is 6.95. The summed E-state index contributed by atoms with van der Waals surface area (Å²) < 4.78 is 53.8. The van der Waals surface area contributed by atoms with E-state index in [9.17, 15) is 22.8 Å². The molecule has 3 atom stereocenters. The molecule has 2 amide bonds. The molecule has 1 fully saturated rings. The fourth-order valence-electron chi connectivity index (χ4n) is 4.82. The van der Waals surface area contributed by atoms with Crippen LogP contribution in [-0.2, 0) is 9.59 Å². The van der Waals surface area contributed by atoms with Crippen LogP contribution in [0.4, 0.5) is 13.2 Å². The van der Waals surface area contributed by atoms with E-state index in [1.165, 1.54) is 7.11 Å². The van der Waals surface area contributed by atoms with Crippen molar-refractivity contribution in [3.05, 3.63) is 65.7 Å². The Morgan fingerprint density at radius 1 is 1.18 bits per heavy atom. The first-order chi connectivity index (χ1) is 18.6.